The Morgan fingerprint density at radius 2 is 1.93 bits per heavy atom. The first kappa shape index (κ1) is 21.4. The van der Waals surface area contributed by atoms with Crippen LogP contribution in [0.4, 0.5) is 0 Å². The van der Waals surface area contributed by atoms with Gasteiger partial charge in [0, 0.05) is 11.8 Å². The van der Waals surface area contributed by atoms with Crippen LogP contribution in [0.1, 0.15) is 78.6 Å². The number of carbonyl (C=O) groups is 2. The van der Waals surface area contributed by atoms with Crippen molar-refractivity contribution in [2.24, 2.45) is 40.4 Å². The minimum atomic E-state index is -0.570. The lowest BCUT2D eigenvalue weighted by Crippen LogP contribution is -2.77. The van der Waals surface area contributed by atoms with Gasteiger partial charge in [0.05, 0.1) is 18.0 Å². The predicted molar refractivity (Wildman–Crippen MR) is 118 cm³/mol. The third-order valence-corrected chi connectivity index (χ3v) is 12.1. The van der Waals surface area contributed by atoms with Gasteiger partial charge in [-0.3, -0.25) is 9.59 Å². The normalized spacial score (nSPS) is 52.5. The molecule has 0 aromatic rings. The maximum atomic E-state index is 14.3. The molecule has 0 aromatic carbocycles. The summed E-state index contributed by atoms with van der Waals surface area (Å²) in [4.78, 5) is 25.8. The summed E-state index contributed by atoms with van der Waals surface area (Å²) in [7, 11) is 1.46. The molecule has 30 heavy (non-hydrogen) atoms. The molecule has 6 rings (SSSR count). The Kier molecular flexibility index (Phi) is 5.03. The van der Waals surface area contributed by atoms with Crippen LogP contribution in [0.5, 0.6) is 0 Å². The van der Waals surface area contributed by atoms with Gasteiger partial charge in [0.2, 0.25) is 0 Å². The van der Waals surface area contributed by atoms with E-state index in [0.29, 0.717) is 41.8 Å². The van der Waals surface area contributed by atoms with Crippen LogP contribution >= 0.6 is 15.9 Å². The Bertz CT molecular complexity index is 753. The molecule has 10 atom stereocenters. The van der Waals surface area contributed by atoms with Crippen LogP contribution in [-0.4, -0.2) is 35.4 Å². The fraction of sp³-hybridized carbons (Fsp3) is 0.920. The topological polar surface area (TPSA) is 52.6 Å². The molecule has 0 unspecified atom stereocenters. The highest BCUT2D eigenvalue weighted by Gasteiger charge is 2.77. The van der Waals surface area contributed by atoms with Crippen molar-refractivity contribution >= 4 is 27.7 Å². The van der Waals surface area contributed by atoms with Gasteiger partial charge < -0.3 is 9.47 Å². The van der Waals surface area contributed by atoms with Gasteiger partial charge in [0.15, 0.2) is 5.78 Å². The highest BCUT2D eigenvalue weighted by Crippen LogP contribution is 2.73. The van der Waals surface area contributed by atoms with Gasteiger partial charge in [0.25, 0.3) is 0 Å². The van der Waals surface area contributed by atoms with Crippen molar-refractivity contribution in [1.82, 2.24) is 0 Å². The maximum Gasteiger partial charge on any atom is 0.305 e. The van der Waals surface area contributed by atoms with Crippen molar-refractivity contribution in [3.8, 4) is 0 Å². The highest BCUT2D eigenvalue weighted by atomic mass is 79.9. The van der Waals surface area contributed by atoms with Crippen LogP contribution in [0.15, 0.2) is 0 Å². The molecule has 2 saturated heterocycles. The molecule has 5 heteroatoms. The van der Waals surface area contributed by atoms with Crippen LogP contribution in [0.2, 0.25) is 0 Å². The number of methoxy groups -OCH3 is 1. The minimum Gasteiger partial charge on any atom is -0.469 e. The summed E-state index contributed by atoms with van der Waals surface area (Å²) in [6.45, 7) is 7.02. The second kappa shape index (κ2) is 7.04. The Morgan fingerprint density at radius 1 is 1.20 bits per heavy atom. The molecule has 4 saturated carbocycles. The number of rotatable bonds is 4. The fourth-order valence-corrected chi connectivity index (χ4v) is 10.2. The lowest BCUT2D eigenvalue weighted by Gasteiger charge is -2.71. The third kappa shape index (κ3) is 2.48. The van der Waals surface area contributed by atoms with Crippen molar-refractivity contribution in [2.75, 3.05) is 7.11 Å². The lowest BCUT2D eigenvalue weighted by atomic mass is 9.40. The van der Waals surface area contributed by atoms with Crippen molar-refractivity contribution in [3.63, 3.8) is 0 Å². The summed E-state index contributed by atoms with van der Waals surface area (Å²) < 4.78 is 11.7. The summed E-state index contributed by atoms with van der Waals surface area (Å²) in [6, 6.07) is 0. The summed E-state index contributed by atoms with van der Waals surface area (Å²) in [5.41, 5.74) is -0.630. The Morgan fingerprint density at radius 3 is 2.67 bits per heavy atom. The Balaban J connectivity index is 1.49. The highest BCUT2D eigenvalue weighted by molar-refractivity contribution is 9.10. The minimum absolute atomic E-state index is 0.00366. The first-order chi connectivity index (χ1) is 14.2. The van der Waals surface area contributed by atoms with E-state index in [0.717, 1.165) is 38.5 Å². The van der Waals surface area contributed by atoms with E-state index in [4.69, 9.17) is 9.47 Å². The second-order valence-corrected chi connectivity index (χ2v) is 12.4. The molecule has 6 aliphatic rings. The van der Waals surface area contributed by atoms with Crippen molar-refractivity contribution in [3.05, 3.63) is 0 Å². The molecule has 0 N–H and O–H groups in total. The number of esters is 1. The van der Waals surface area contributed by atoms with Gasteiger partial charge in [-0.05, 0) is 86.4 Å². The monoisotopic (exact) mass is 480 g/mol. The number of ketones is 1. The quantitative estimate of drug-likeness (QED) is 0.404. The molecule has 0 radical (unpaired) electrons. The number of alkyl halides is 1. The first-order valence-corrected chi connectivity index (χ1v) is 13.0. The second-order valence-electron chi connectivity index (χ2n) is 11.5. The lowest BCUT2D eigenvalue weighted by molar-refractivity contribution is -0.306. The molecule has 0 amide bonds. The first-order valence-electron chi connectivity index (χ1n) is 12.1. The van der Waals surface area contributed by atoms with Crippen molar-refractivity contribution < 1.29 is 19.1 Å². The van der Waals surface area contributed by atoms with Crippen LogP contribution in [0.25, 0.3) is 0 Å². The Labute approximate surface area is 189 Å². The zero-order chi connectivity index (χ0) is 21.5. The van der Waals surface area contributed by atoms with E-state index in [1.54, 1.807) is 0 Å². The largest absolute Gasteiger partial charge is 0.469 e. The maximum absolute atomic E-state index is 14.3. The van der Waals surface area contributed by atoms with E-state index >= 15 is 0 Å². The molecule has 0 aromatic heterocycles. The predicted octanol–water partition coefficient (Wildman–Crippen LogP) is 5.31. The van der Waals surface area contributed by atoms with Gasteiger partial charge in [0.1, 0.15) is 5.60 Å². The third-order valence-electron chi connectivity index (χ3n) is 10.7. The number of Topliss-reactive ketones (excluding diaryl/α,β-unsaturated/α-hetero) is 1. The summed E-state index contributed by atoms with van der Waals surface area (Å²) >= 11 is 3.98. The zero-order valence-corrected chi connectivity index (χ0v) is 20.5. The summed E-state index contributed by atoms with van der Waals surface area (Å²) in [5.74, 6) is 2.57. The summed E-state index contributed by atoms with van der Waals surface area (Å²) in [5, 5.41) is 0. The van der Waals surface area contributed by atoms with E-state index in [1.165, 1.54) is 20.0 Å². The van der Waals surface area contributed by atoms with Gasteiger partial charge in [-0.2, -0.15) is 0 Å². The number of fused-ring (bicyclic) bond motifs is 3. The molecule has 4 bridgehead atoms. The van der Waals surface area contributed by atoms with Crippen molar-refractivity contribution in [2.45, 2.75) is 95.1 Å². The average molecular weight is 481 g/mol. The molecule has 6 fully saturated rings. The molecule has 4 aliphatic carbocycles. The smallest absolute Gasteiger partial charge is 0.305 e. The standard InChI is InChI=1S/C25H37BrO4/c1-14(5-10-20(27)29-4)17-8-9-18-19-7-6-15-13-16-11-12-23(15,2)25(19,30-16)22(28)21(26)24(17,18)3/h14-19,21H,5-13H2,1-4H3/t14-,15-,16+,17-,18-,19-,21-,23-,24+,25-/m0/s1. The number of hydrogen-bond donors (Lipinski definition) is 0. The molecule has 1 spiro atoms. The van der Waals surface area contributed by atoms with E-state index in [2.05, 4.69) is 36.7 Å². The van der Waals surface area contributed by atoms with Gasteiger partial charge >= 0.3 is 5.97 Å². The zero-order valence-electron chi connectivity index (χ0n) is 18.9. The van der Waals surface area contributed by atoms with E-state index in [1.807, 2.05) is 0 Å². The van der Waals surface area contributed by atoms with E-state index in [-0.39, 0.29) is 27.7 Å². The fourth-order valence-electron chi connectivity index (χ4n) is 9.18. The SMILES string of the molecule is COC(=O)CC[C@H](C)[C@@H]1CC[C@H]2[C@@H]3CC[C@H]4C[C@H]5CC[C@]4(C)[C@@]3(O5)C(=O)[C@H](Br)[C@]12C. The molecular weight excluding hydrogens is 444 g/mol. The number of carbonyl (C=O) groups excluding carboxylic acids is 2. The van der Waals surface area contributed by atoms with Crippen LogP contribution in [0, 0.1) is 40.4 Å². The summed E-state index contributed by atoms with van der Waals surface area (Å²) in [6.07, 6.45) is 9.73. The number of ether oxygens (including phenoxy) is 2. The molecular formula is C25H37BrO4. The molecule has 168 valence electrons. The molecule has 4 nitrogen and oxygen atoms in total. The van der Waals surface area contributed by atoms with Crippen molar-refractivity contribution in [1.29, 1.82) is 0 Å². The van der Waals surface area contributed by atoms with Gasteiger partial charge in [-0.1, -0.05) is 36.7 Å². The van der Waals surface area contributed by atoms with Crippen LogP contribution in [0.3, 0.4) is 0 Å². The van der Waals surface area contributed by atoms with E-state index < -0.39 is 5.60 Å². The number of halogens is 1. The van der Waals surface area contributed by atoms with Crippen LogP contribution in [-0.2, 0) is 19.1 Å². The van der Waals surface area contributed by atoms with Gasteiger partial charge in [-0.15, -0.1) is 0 Å². The average Bonchev–Trinajstić information content (AvgIpc) is 3.08. The van der Waals surface area contributed by atoms with E-state index in [9.17, 15) is 9.59 Å². The Hall–Kier alpha value is -0.420. The molecule has 2 heterocycles. The van der Waals surface area contributed by atoms with Gasteiger partial charge in [-0.25, -0.2) is 0 Å². The number of hydrogen-bond acceptors (Lipinski definition) is 4. The van der Waals surface area contributed by atoms with Crippen LogP contribution < -0.4 is 0 Å². The molecule has 2 aliphatic heterocycles.